The van der Waals surface area contributed by atoms with Crippen molar-refractivity contribution >= 4 is 65.6 Å². The van der Waals surface area contributed by atoms with Crippen molar-refractivity contribution in [3.8, 4) is 0 Å². The van der Waals surface area contributed by atoms with E-state index in [0.717, 1.165) is 33.2 Å². The van der Waals surface area contributed by atoms with Gasteiger partial charge in [-0.3, -0.25) is 33.8 Å². The second-order valence-corrected chi connectivity index (χ2v) is 15.3. The molecular formula is C38H37N11O8S2. The summed E-state index contributed by atoms with van der Waals surface area (Å²) in [7, 11) is 0. The molecule has 7 amide bonds. The van der Waals surface area contributed by atoms with Gasteiger partial charge >= 0.3 is 23.8 Å². The largest absolute Gasteiger partial charge is 0.448 e. The number of hydrogen-bond donors (Lipinski definition) is 4. The molecule has 0 bridgehead atoms. The summed E-state index contributed by atoms with van der Waals surface area (Å²) >= 11 is 2.27. The quantitative estimate of drug-likeness (QED) is 0.0260. The summed E-state index contributed by atoms with van der Waals surface area (Å²) in [6.45, 7) is 1.96. The molecule has 3 aliphatic heterocycles. The second-order valence-electron chi connectivity index (χ2n) is 13.3. The Morgan fingerprint density at radius 2 is 1.58 bits per heavy atom. The van der Waals surface area contributed by atoms with Crippen LogP contribution in [0.3, 0.4) is 0 Å². The van der Waals surface area contributed by atoms with E-state index in [1.165, 1.54) is 4.90 Å². The first-order valence-corrected chi connectivity index (χ1v) is 20.2. The van der Waals surface area contributed by atoms with Crippen molar-refractivity contribution in [2.45, 2.75) is 35.3 Å². The van der Waals surface area contributed by atoms with E-state index in [9.17, 15) is 33.6 Å². The van der Waals surface area contributed by atoms with Crippen molar-refractivity contribution in [2.75, 3.05) is 37.0 Å². The van der Waals surface area contributed by atoms with Gasteiger partial charge in [0.15, 0.2) is 6.10 Å². The molecule has 3 atom stereocenters. The fourth-order valence-electron chi connectivity index (χ4n) is 6.86. The van der Waals surface area contributed by atoms with Crippen LogP contribution in [0.5, 0.6) is 0 Å². The zero-order valence-corrected chi connectivity index (χ0v) is 32.9. The number of aromatic nitrogens is 4. The van der Waals surface area contributed by atoms with E-state index in [-0.39, 0.29) is 54.0 Å². The molecule has 2 saturated heterocycles. The number of nitrogens with zero attached hydrogens (tertiary/aromatic N) is 7. The normalized spacial score (nSPS) is 19.5. The third-order valence-corrected chi connectivity index (χ3v) is 12.2. The van der Waals surface area contributed by atoms with Crippen molar-refractivity contribution in [2.24, 2.45) is 0 Å². The highest BCUT2D eigenvalue weighted by Crippen LogP contribution is 2.47. The van der Waals surface area contributed by atoms with Crippen LogP contribution in [0.2, 0.25) is 0 Å². The average molecular weight is 840 g/mol. The molecule has 0 spiro atoms. The van der Waals surface area contributed by atoms with Crippen molar-refractivity contribution in [3.05, 3.63) is 119 Å². The van der Waals surface area contributed by atoms with Crippen LogP contribution < -0.4 is 21.8 Å². The number of nitrogen functional groups attached to an aromatic ring is 1. The van der Waals surface area contributed by atoms with Gasteiger partial charge in [0, 0.05) is 31.1 Å². The third kappa shape index (κ3) is 7.93. The fraction of sp³-hybridized carbons (Fsp3) is 0.263. The summed E-state index contributed by atoms with van der Waals surface area (Å²) in [4.78, 5) is 98.8. The Balaban J connectivity index is 1.20. The number of hydrogen-bond acceptors (Lipinski definition) is 14. The maximum absolute atomic E-state index is 14.6. The van der Waals surface area contributed by atoms with E-state index >= 15 is 0 Å². The number of β-lactam (4-membered cyclic amide) rings is 1. The topological polar surface area (TPSA) is 244 Å². The van der Waals surface area contributed by atoms with Gasteiger partial charge in [-0.1, -0.05) is 108 Å². The van der Waals surface area contributed by atoms with Crippen LogP contribution in [-0.2, 0) is 33.5 Å². The minimum atomic E-state index is -2.11. The van der Waals surface area contributed by atoms with Gasteiger partial charge in [-0.05, 0) is 39.6 Å². The number of benzene rings is 3. The predicted molar refractivity (Wildman–Crippen MR) is 211 cm³/mol. The zero-order valence-electron chi connectivity index (χ0n) is 31.3. The Kier molecular flexibility index (Phi) is 11.9. The number of tetrazole rings is 1. The summed E-state index contributed by atoms with van der Waals surface area (Å²) < 4.78 is 6.23. The lowest BCUT2D eigenvalue weighted by Gasteiger charge is -2.56. The molecule has 4 heterocycles. The summed E-state index contributed by atoms with van der Waals surface area (Å²) in [6, 6.07) is 23.6. The minimum absolute atomic E-state index is 0.100. The number of nitrogens with one attached hydrogen (secondary N) is 3. The molecule has 2 fully saturated rings. The molecule has 304 valence electrons. The monoisotopic (exact) mass is 839 g/mol. The molecular weight excluding hydrogens is 803 g/mol. The van der Waals surface area contributed by atoms with E-state index in [4.69, 9.17) is 10.6 Å². The van der Waals surface area contributed by atoms with E-state index in [0.29, 0.717) is 21.6 Å². The van der Waals surface area contributed by atoms with Crippen LogP contribution in [0, 0.1) is 0 Å². The lowest BCUT2D eigenvalue weighted by Crippen LogP contribution is -2.85. The molecule has 3 aliphatic rings. The van der Waals surface area contributed by atoms with Crippen LogP contribution in [0.25, 0.3) is 0 Å². The number of carbonyl (C=O) groups excluding carboxylic acids is 7. The summed E-state index contributed by atoms with van der Waals surface area (Å²) in [5.74, 6) is 1.48. The van der Waals surface area contributed by atoms with E-state index in [1.807, 2.05) is 12.1 Å². The molecule has 0 aliphatic carbocycles. The Morgan fingerprint density at radius 1 is 0.949 bits per heavy atom. The first-order chi connectivity index (χ1) is 28.6. The summed E-state index contributed by atoms with van der Waals surface area (Å²) in [6.07, 6.45) is -0.634. The molecule has 7 rings (SSSR count). The maximum atomic E-state index is 14.6. The smallest absolute Gasteiger partial charge is 0.356 e. The van der Waals surface area contributed by atoms with Crippen LogP contribution >= 0.6 is 23.5 Å². The Labute approximate surface area is 345 Å². The maximum Gasteiger partial charge on any atom is 0.356 e. The zero-order chi connectivity index (χ0) is 41.7. The average Bonchev–Trinajstić information content (AvgIpc) is 3.68. The Bertz CT molecular complexity index is 2260. The van der Waals surface area contributed by atoms with Gasteiger partial charge in [0.05, 0.1) is 0 Å². The molecule has 0 radical (unpaired) electrons. The highest BCUT2D eigenvalue weighted by atomic mass is 32.2. The molecule has 1 aromatic heterocycles. The Morgan fingerprint density at radius 3 is 2.15 bits per heavy atom. The number of nitrogens with two attached hydrogens (primary N) is 1. The molecule has 3 aromatic carbocycles. The predicted octanol–water partition coefficient (Wildman–Crippen LogP) is 0.681. The standard InChI is InChI=1S/C38H37N11O8S2/c1-2-46-18-19-47(32(53)31(46)52)36(56)41-27(23-12-6-3-7-13-23)30(51)42-38(40-22-50)34(55)48-28(26(20-58-35(38)48)21-59-37-43-44-45-49(37)39)33(54)57-29(24-14-8-4-9-15-24)25-16-10-5-11-17-25/h3-17,22,27,29,35H,2,18-21,39H2,1H3,(H,40,50)(H,41,56)(H,42,51)/t27?,35-,38-/m1/s1. The first-order valence-electron chi connectivity index (χ1n) is 18.2. The first kappa shape index (κ1) is 40.5. The van der Waals surface area contributed by atoms with Gasteiger partial charge in [0.25, 0.3) is 5.91 Å². The van der Waals surface area contributed by atoms with E-state index in [1.54, 1.807) is 85.8 Å². The van der Waals surface area contributed by atoms with Crippen LogP contribution in [0.15, 0.2) is 107 Å². The van der Waals surface area contributed by atoms with Crippen LogP contribution in [-0.4, -0.2) is 119 Å². The minimum Gasteiger partial charge on any atom is -0.448 e. The van der Waals surface area contributed by atoms with E-state index < -0.39 is 58.8 Å². The molecule has 0 saturated carbocycles. The number of ether oxygens (including phenoxy) is 1. The molecule has 5 N–H and O–H groups in total. The number of carbonyl (C=O) groups is 7. The molecule has 1 unspecified atom stereocenters. The van der Waals surface area contributed by atoms with Crippen LogP contribution in [0.1, 0.15) is 35.8 Å². The number of esters is 1. The highest BCUT2D eigenvalue weighted by molar-refractivity contribution is 8.01. The number of amides is 7. The van der Waals surface area contributed by atoms with Crippen molar-refractivity contribution in [3.63, 3.8) is 0 Å². The van der Waals surface area contributed by atoms with Gasteiger partial charge in [-0.15, -0.1) is 16.6 Å². The van der Waals surface area contributed by atoms with Gasteiger partial charge in [-0.2, -0.15) is 0 Å². The number of urea groups is 1. The molecule has 4 aromatic rings. The number of thioether (sulfide) groups is 2. The number of likely N-dealkylation sites (N-methyl/N-ethyl adjacent to an activating group) is 1. The number of piperazine rings is 1. The van der Waals surface area contributed by atoms with Crippen molar-refractivity contribution < 1.29 is 38.3 Å². The van der Waals surface area contributed by atoms with Crippen LogP contribution in [0.4, 0.5) is 4.79 Å². The number of imide groups is 1. The van der Waals surface area contributed by atoms with Gasteiger partial charge in [0.2, 0.25) is 23.1 Å². The fourth-order valence-corrected chi connectivity index (χ4v) is 9.22. The lowest BCUT2D eigenvalue weighted by atomic mass is 9.94. The third-order valence-electron chi connectivity index (χ3n) is 9.82. The lowest BCUT2D eigenvalue weighted by molar-refractivity contribution is -0.164. The second kappa shape index (κ2) is 17.4. The van der Waals surface area contributed by atoms with Gasteiger partial charge in [-0.25, -0.2) is 9.59 Å². The number of rotatable bonds is 14. The SMILES string of the molecule is CCN1CCN(C(=O)NC(C(=O)N[C@]2(NC=O)C(=O)N3C(C(=O)OC(c4ccccc4)c4ccccc4)=C(CSc4nnnn4N)CS[C@@H]32)c2ccccc2)C(=O)C1=O. The Hall–Kier alpha value is -6.74. The van der Waals surface area contributed by atoms with Gasteiger partial charge in [0.1, 0.15) is 17.1 Å². The van der Waals surface area contributed by atoms with Crippen molar-refractivity contribution in [1.29, 1.82) is 0 Å². The molecule has 59 heavy (non-hydrogen) atoms. The summed E-state index contributed by atoms with van der Waals surface area (Å²) in [5, 5.41) is 17.9. The van der Waals surface area contributed by atoms with E-state index in [2.05, 4.69) is 31.5 Å². The molecule has 21 heteroatoms. The number of fused-ring (bicyclic) bond motifs is 1. The van der Waals surface area contributed by atoms with Crippen molar-refractivity contribution in [1.82, 2.24) is 51.0 Å². The highest BCUT2D eigenvalue weighted by Gasteiger charge is 2.66. The summed E-state index contributed by atoms with van der Waals surface area (Å²) in [5.41, 5.74) is -0.162. The van der Waals surface area contributed by atoms with Gasteiger partial charge < -0.3 is 31.4 Å². The molecule has 19 nitrogen and oxygen atoms in total.